The number of nitrogens with zero attached hydrogens (tertiary/aromatic N) is 2. The molecule has 1 aromatic rings. The van der Waals surface area contributed by atoms with Gasteiger partial charge in [-0.1, -0.05) is 0 Å². The Morgan fingerprint density at radius 1 is 1.63 bits per heavy atom. The summed E-state index contributed by atoms with van der Waals surface area (Å²) in [5.74, 6) is 0.602. The lowest BCUT2D eigenvalue weighted by molar-refractivity contribution is 0.133. The summed E-state index contributed by atoms with van der Waals surface area (Å²) in [5.41, 5.74) is -0.0412. The lowest BCUT2D eigenvalue weighted by Crippen LogP contribution is -2.42. The Morgan fingerprint density at radius 3 is 2.79 bits per heavy atom. The van der Waals surface area contributed by atoms with Gasteiger partial charge in [-0.05, 0) is 55.5 Å². The largest absolute Gasteiger partial charge is 0.391 e. The first-order chi connectivity index (χ1) is 8.81. The maximum atomic E-state index is 12.2. The molecular weight excluding hydrogens is 310 g/mol. The van der Waals surface area contributed by atoms with Crippen LogP contribution in [0, 0.1) is 5.92 Å². The van der Waals surface area contributed by atoms with Gasteiger partial charge in [0.25, 0.3) is 5.56 Å². The van der Waals surface area contributed by atoms with E-state index in [9.17, 15) is 9.90 Å². The third-order valence-electron chi connectivity index (χ3n) is 3.61. The van der Waals surface area contributed by atoms with Gasteiger partial charge in [-0.25, -0.2) is 4.68 Å². The van der Waals surface area contributed by atoms with Crippen LogP contribution in [0.3, 0.4) is 0 Å². The number of hydrogen-bond donors (Lipinski definition) is 2. The molecule has 0 aliphatic heterocycles. The first-order valence-electron chi connectivity index (χ1n) is 6.53. The fourth-order valence-electron chi connectivity index (χ4n) is 1.68. The fraction of sp³-hybridized carbons (Fsp3) is 0.692. The number of anilines is 1. The summed E-state index contributed by atoms with van der Waals surface area (Å²) in [4.78, 5) is 12.2. The highest BCUT2D eigenvalue weighted by Crippen LogP contribution is 2.30. The number of aliphatic hydroxyl groups is 1. The Kier molecular flexibility index (Phi) is 4.01. The average molecular weight is 330 g/mol. The molecule has 1 aliphatic rings. The second-order valence-corrected chi connectivity index (χ2v) is 6.62. The Morgan fingerprint density at radius 2 is 2.26 bits per heavy atom. The molecule has 2 N–H and O–H groups in total. The topological polar surface area (TPSA) is 67.2 Å². The standard InChI is InChI=1S/C13H20BrN3O2/c1-8(18)13(2,3)16-10-6-15-17(7-9-4-5-9)12(19)11(10)14/h6,8-9,16,18H,4-5,7H2,1-3H3. The van der Waals surface area contributed by atoms with Crippen LogP contribution in [0.15, 0.2) is 15.5 Å². The first-order valence-corrected chi connectivity index (χ1v) is 7.32. The van der Waals surface area contributed by atoms with Crippen molar-refractivity contribution in [1.29, 1.82) is 0 Å². The molecule has 19 heavy (non-hydrogen) atoms. The van der Waals surface area contributed by atoms with Crippen LogP contribution in [0.4, 0.5) is 5.69 Å². The van der Waals surface area contributed by atoms with E-state index < -0.39 is 11.6 Å². The van der Waals surface area contributed by atoms with Crippen LogP contribution in [0.25, 0.3) is 0 Å². The van der Waals surface area contributed by atoms with Crippen LogP contribution in [-0.2, 0) is 6.54 Å². The minimum atomic E-state index is -0.548. The molecule has 0 bridgehead atoms. The van der Waals surface area contributed by atoms with Crippen molar-refractivity contribution in [3.8, 4) is 0 Å². The highest BCUT2D eigenvalue weighted by molar-refractivity contribution is 9.10. The maximum absolute atomic E-state index is 12.2. The molecule has 1 unspecified atom stereocenters. The molecule has 1 saturated carbocycles. The number of hydrogen-bond acceptors (Lipinski definition) is 4. The number of halogens is 1. The first kappa shape index (κ1) is 14.5. The second kappa shape index (κ2) is 5.25. The Hall–Kier alpha value is -0.880. The number of rotatable bonds is 5. The van der Waals surface area contributed by atoms with E-state index in [2.05, 4.69) is 26.3 Å². The van der Waals surface area contributed by atoms with Crippen LogP contribution in [0.2, 0.25) is 0 Å². The van der Waals surface area contributed by atoms with E-state index in [1.165, 1.54) is 17.5 Å². The summed E-state index contributed by atoms with van der Waals surface area (Å²) in [7, 11) is 0. The zero-order valence-electron chi connectivity index (χ0n) is 11.5. The smallest absolute Gasteiger partial charge is 0.283 e. The molecule has 0 spiro atoms. The summed E-state index contributed by atoms with van der Waals surface area (Å²) in [6.07, 6.45) is 3.45. The normalized spacial score (nSPS) is 17.3. The van der Waals surface area contributed by atoms with Crippen molar-refractivity contribution in [2.75, 3.05) is 5.32 Å². The molecule has 0 aromatic carbocycles. The maximum Gasteiger partial charge on any atom is 0.283 e. The lowest BCUT2D eigenvalue weighted by atomic mass is 9.98. The van der Waals surface area contributed by atoms with Gasteiger partial charge in [-0.15, -0.1) is 0 Å². The highest BCUT2D eigenvalue weighted by atomic mass is 79.9. The van der Waals surface area contributed by atoms with Gasteiger partial charge in [0.05, 0.1) is 23.5 Å². The third-order valence-corrected chi connectivity index (χ3v) is 4.38. The third kappa shape index (κ3) is 3.36. The summed E-state index contributed by atoms with van der Waals surface area (Å²) in [6.45, 7) is 6.15. The SMILES string of the molecule is CC(O)C(C)(C)Nc1cnn(CC2CC2)c(=O)c1Br. The Balaban J connectivity index is 2.23. The molecule has 1 aromatic heterocycles. The number of aromatic nitrogens is 2. The lowest BCUT2D eigenvalue weighted by Gasteiger charge is -2.30. The van der Waals surface area contributed by atoms with Gasteiger partial charge in [0.15, 0.2) is 0 Å². The van der Waals surface area contributed by atoms with Gasteiger partial charge in [0, 0.05) is 6.54 Å². The highest BCUT2D eigenvalue weighted by Gasteiger charge is 2.26. The molecule has 5 nitrogen and oxygen atoms in total. The van der Waals surface area contributed by atoms with Gasteiger partial charge in [-0.3, -0.25) is 4.79 Å². The van der Waals surface area contributed by atoms with Crippen LogP contribution in [0.5, 0.6) is 0 Å². The zero-order chi connectivity index (χ0) is 14.2. The fourth-order valence-corrected chi connectivity index (χ4v) is 2.08. The van der Waals surface area contributed by atoms with E-state index in [1.54, 1.807) is 13.1 Å². The second-order valence-electron chi connectivity index (χ2n) is 5.83. The van der Waals surface area contributed by atoms with Crippen LogP contribution in [0.1, 0.15) is 33.6 Å². The van der Waals surface area contributed by atoms with Crippen molar-refractivity contribution in [3.05, 3.63) is 21.0 Å². The van der Waals surface area contributed by atoms with Gasteiger partial charge in [0.2, 0.25) is 0 Å². The summed E-state index contributed by atoms with van der Waals surface area (Å²) >= 11 is 3.33. The van der Waals surface area contributed by atoms with Crippen molar-refractivity contribution >= 4 is 21.6 Å². The van der Waals surface area contributed by atoms with E-state index in [1.807, 2.05) is 13.8 Å². The van der Waals surface area contributed by atoms with Gasteiger partial charge < -0.3 is 10.4 Å². The van der Waals surface area contributed by atoms with Crippen molar-refractivity contribution in [3.63, 3.8) is 0 Å². The molecule has 2 rings (SSSR count). The molecule has 0 radical (unpaired) electrons. The Labute approximate surface area is 121 Å². The average Bonchev–Trinajstić information content (AvgIpc) is 3.12. The van der Waals surface area contributed by atoms with Crippen LogP contribution < -0.4 is 10.9 Å². The van der Waals surface area contributed by atoms with E-state index in [4.69, 9.17) is 0 Å². The van der Waals surface area contributed by atoms with Crippen molar-refractivity contribution in [2.24, 2.45) is 5.92 Å². The molecule has 1 atom stereocenters. The van der Waals surface area contributed by atoms with Gasteiger partial charge in [-0.2, -0.15) is 5.10 Å². The minimum Gasteiger partial charge on any atom is -0.391 e. The molecule has 1 fully saturated rings. The molecule has 106 valence electrons. The van der Waals surface area contributed by atoms with Crippen molar-refractivity contribution in [1.82, 2.24) is 9.78 Å². The molecule has 6 heteroatoms. The molecule has 0 saturated heterocycles. The summed E-state index contributed by atoms with van der Waals surface area (Å²) < 4.78 is 1.97. The number of aliphatic hydroxyl groups excluding tert-OH is 1. The van der Waals surface area contributed by atoms with Crippen LogP contribution in [-0.4, -0.2) is 26.5 Å². The minimum absolute atomic E-state index is 0.127. The molecule has 1 heterocycles. The van der Waals surface area contributed by atoms with Crippen molar-refractivity contribution in [2.45, 2.75) is 51.8 Å². The summed E-state index contributed by atoms with van der Waals surface area (Å²) in [5, 5.41) is 17.0. The van der Waals surface area contributed by atoms with E-state index in [-0.39, 0.29) is 5.56 Å². The van der Waals surface area contributed by atoms with Crippen LogP contribution >= 0.6 is 15.9 Å². The quantitative estimate of drug-likeness (QED) is 0.866. The number of nitrogens with one attached hydrogen (secondary N) is 1. The Bertz CT molecular complexity index is 521. The van der Waals surface area contributed by atoms with Gasteiger partial charge >= 0.3 is 0 Å². The summed E-state index contributed by atoms with van der Waals surface area (Å²) in [6, 6.07) is 0. The zero-order valence-corrected chi connectivity index (χ0v) is 13.1. The van der Waals surface area contributed by atoms with E-state index in [0.717, 1.165) is 0 Å². The molecular formula is C13H20BrN3O2. The predicted molar refractivity (Wildman–Crippen MR) is 78.3 cm³/mol. The monoisotopic (exact) mass is 329 g/mol. The predicted octanol–water partition coefficient (Wildman–Crippen LogP) is 1.99. The van der Waals surface area contributed by atoms with Gasteiger partial charge in [0.1, 0.15) is 4.47 Å². The van der Waals surface area contributed by atoms with Crippen molar-refractivity contribution < 1.29 is 5.11 Å². The van der Waals surface area contributed by atoms with E-state index in [0.29, 0.717) is 22.6 Å². The molecule has 0 amide bonds. The van der Waals surface area contributed by atoms with E-state index >= 15 is 0 Å². The molecule has 1 aliphatic carbocycles.